The average Bonchev–Trinajstić information content (AvgIpc) is 3.02. The monoisotopic (exact) mass is 250 g/mol. The van der Waals surface area contributed by atoms with Crippen LogP contribution in [0, 0.1) is 0 Å². The van der Waals surface area contributed by atoms with Crippen LogP contribution in [0.2, 0.25) is 0 Å². The molecular formula is C17H14O2. The van der Waals surface area contributed by atoms with Crippen molar-refractivity contribution in [3.63, 3.8) is 0 Å². The van der Waals surface area contributed by atoms with Crippen molar-refractivity contribution in [2.24, 2.45) is 0 Å². The topological polar surface area (TPSA) is 33.4 Å². The molecule has 2 heteroatoms. The quantitative estimate of drug-likeness (QED) is 0.761. The Kier molecular flexibility index (Phi) is 3.17. The van der Waals surface area contributed by atoms with Gasteiger partial charge in [0, 0.05) is 0 Å². The minimum absolute atomic E-state index is 0.562. The van der Waals surface area contributed by atoms with Crippen molar-refractivity contribution in [1.82, 2.24) is 0 Å². The maximum absolute atomic E-state index is 10.1. The minimum atomic E-state index is -0.708. The zero-order chi connectivity index (χ0) is 13.1. The van der Waals surface area contributed by atoms with Crippen LogP contribution in [-0.2, 0) is 0 Å². The van der Waals surface area contributed by atoms with E-state index >= 15 is 0 Å². The van der Waals surface area contributed by atoms with Crippen LogP contribution in [0.15, 0.2) is 77.4 Å². The molecule has 0 aliphatic heterocycles. The van der Waals surface area contributed by atoms with Crippen molar-refractivity contribution in [1.29, 1.82) is 0 Å². The molecule has 1 heterocycles. The predicted octanol–water partition coefficient (Wildman–Crippen LogP) is 4.03. The summed E-state index contributed by atoms with van der Waals surface area (Å²) in [5, 5.41) is 10.1. The van der Waals surface area contributed by atoms with Crippen molar-refractivity contribution < 1.29 is 9.52 Å². The summed E-state index contributed by atoms with van der Waals surface area (Å²) in [6.45, 7) is 0. The van der Waals surface area contributed by atoms with Gasteiger partial charge in [0.15, 0.2) is 0 Å². The molecule has 0 aliphatic rings. The van der Waals surface area contributed by atoms with E-state index in [1.54, 1.807) is 18.4 Å². The minimum Gasteiger partial charge on any atom is -0.466 e. The van der Waals surface area contributed by atoms with Crippen LogP contribution < -0.4 is 0 Å². The van der Waals surface area contributed by atoms with E-state index in [9.17, 15) is 5.11 Å². The lowest BCUT2D eigenvalue weighted by Crippen LogP contribution is -1.97. The zero-order valence-corrected chi connectivity index (χ0v) is 10.4. The first-order chi connectivity index (χ1) is 9.34. The molecule has 0 aliphatic carbocycles. The molecule has 3 aromatic rings. The third-order valence-electron chi connectivity index (χ3n) is 3.15. The van der Waals surface area contributed by atoms with Crippen molar-refractivity contribution in [3.8, 4) is 11.1 Å². The second-order valence-corrected chi connectivity index (χ2v) is 4.41. The fraction of sp³-hybridized carbons (Fsp3) is 0.0588. The molecular weight excluding hydrogens is 236 g/mol. The lowest BCUT2D eigenvalue weighted by atomic mass is 10.0. The van der Waals surface area contributed by atoms with Crippen LogP contribution in [0.4, 0.5) is 0 Å². The van der Waals surface area contributed by atoms with Gasteiger partial charge in [-0.15, -0.1) is 0 Å². The van der Waals surface area contributed by atoms with Crippen molar-refractivity contribution in [2.45, 2.75) is 6.10 Å². The second kappa shape index (κ2) is 5.12. The number of benzene rings is 2. The first-order valence-corrected chi connectivity index (χ1v) is 6.21. The summed E-state index contributed by atoms with van der Waals surface area (Å²) in [6.07, 6.45) is 0.858. The molecule has 3 rings (SSSR count). The van der Waals surface area contributed by atoms with Gasteiger partial charge < -0.3 is 9.52 Å². The molecule has 1 N–H and O–H groups in total. The van der Waals surface area contributed by atoms with E-state index in [2.05, 4.69) is 12.1 Å². The predicted molar refractivity (Wildman–Crippen MR) is 74.6 cm³/mol. The Morgan fingerprint density at radius 1 is 0.737 bits per heavy atom. The Morgan fingerprint density at radius 2 is 1.42 bits per heavy atom. The third-order valence-corrected chi connectivity index (χ3v) is 3.15. The third kappa shape index (κ3) is 2.44. The highest BCUT2D eigenvalue weighted by Crippen LogP contribution is 2.25. The van der Waals surface area contributed by atoms with Crippen LogP contribution in [0.5, 0.6) is 0 Å². The van der Waals surface area contributed by atoms with E-state index in [0.717, 1.165) is 11.1 Å². The normalized spacial score (nSPS) is 12.3. The van der Waals surface area contributed by atoms with Crippen molar-refractivity contribution in [3.05, 3.63) is 84.3 Å². The Morgan fingerprint density at radius 3 is 2.05 bits per heavy atom. The van der Waals surface area contributed by atoms with Gasteiger partial charge in [-0.2, -0.15) is 0 Å². The Bertz CT molecular complexity index is 625. The number of hydrogen-bond acceptors (Lipinski definition) is 2. The highest BCUT2D eigenvalue weighted by Gasteiger charge is 2.12. The summed E-state index contributed by atoms with van der Waals surface area (Å²) < 4.78 is 5.21. The first kappa shape index (κ1) is 11.8. The van der Waals surface area contributed by atoms with Gasteiger partial charge in [0.25, 0.3) is 0 Å². The van der Waals surface area contributed by atoms with Gasteiger partial charge in [0.05, 0.1) is 6.26 Å². The van der Waals surface area contributed by atoms with Crippen LogP contribution in [0.25, 0.3) is 11.1 Å². The van der Waals surface area contributed by atoms with E-state index in [1.807, 2.05) is 42.5 Å². The molecule has 0 fully saturated rings. The lowest BCUT2D eigenvalue weighted by molar-refractivity contribution is 0.189. The largest absolute Gasteiger partial charge is 0.466 e. The molecule has 2 nitrogen and oxygen atoms in total. The molecule has 0 radical (unpaired) electrons. The molecule has 0 saturated carbocycles. The van der Waals surface area contributed by atoms with E-state index in [4.69, 9.17) is 4.42 Å². The molecule has 0 bridgehead atoms. The van der Waals surface area contributed by atoms with Crippen molar-refractivity contribution >= 4 is 0 Å². The van der Waals surface area contributed by atoms with E-state index < -0.39 is 6.10 Å². The van der Waals surface area contributed by atoms with E-state index in [0.29, 0.717) is 5.76 Å². The summed E-state index contributed by atoms with van der Waals surface area (Å²) >= 11 is 0. The summed E-state index contributed by atoms with van der Waals surface area (Å²) in [6, 6.07) is 21.6. The van der Waals surface area contributed by atoms with E-state index in [-0.39, 0.29) is 0 Å². The number of hydrogen-bond donors (Lipinski definition) is 1. The maximum Gasteiger partial charge on any atom is 0.137 e. The van der Waals surface area contributed by atoms with Gasteiger partial charge in [0.2, 0.25) is 0 Å². The van der Waals surface area contributed by atoms with Crippen LogP contribution >= 0.6 is 0 Å². The molecule has 2 aromatic carbocycles. The first-order valence-electron chi connectivity index (χ1n) is 6.21. The fourth-order valence-electron chi connectivity index (χ4n) is 2.10. The number of rotatable bonds is 3. The van der Waals surface area contributed by atoms with Gasteiger partial charge in [-0.25, -0.2) is 0 Å². The smallest absolute Gasteiger partial charge is 0.137 e. The average molecular weight is 250 g/mol. The molecule has 1 atom stereocenters. The fourth-order valence-corrected chi connectivity index (χ4v) is 2.10. The lowest BCUT2D eigenvalue weighted by Gasteiger charge is -2.09. The Hall–Kier alpha value is -2.32. The molecule has 1 aromatic heterocycles. The van der Waals surface area contributed by atoms with Gasteiger partial charge in [0.1, 0.15) is 11.9 Å². The molecule has 0 saturated heterocycles. The summed E-state index contributed by atoms with van der Waals surface area (Å²) in [7, 11) is 0. The van der Waals surface area contributed by atoms with Crippen LogP contribution in [0.1, 0.15) is 17.4 Å². The molecule has 0 spiro atoms. The van der Waals surface area contributed by atoms with Gasteiger partial charge in [-0.3, -0.25) is 0 Å². The van der Waals surface area contributed by atoms with Crippen LogP contribution in [-0.4, -0.2) is 5.11 Å². The summed E-state index contributed by atoms with van der Waals surface area (Å²) in [5.41, 5.74) is 3.13. The SMILES string of the molecule is OC(c1ccc(-c2ccccc2)cc1)c1ccco1. The maximum atomic E-state index is 10.1. The highest BCUT2D eigenvalue weighted by atomic mass is 16.4. The highest BCUT2D eigenvalue weighted by molar-refractivity contribution is 5.63. The van der Waals surface area contributed by atoms with Gasteiger partial charge in [-0.1, -0.05) is 54.6 Å². The van der Waals surface area contributed by atoms with E-state index in [1.165, 1.54) is 5.56 Å². The molecule has 19 heavy (non-hydrogen) atoms. The second-order valence-electron chi connectivity index (χ2n) is 4.41. The Balaban J connectivity index is 1.87. The van der Waals surface area contributed by atoms with Gasteiger partial charge in [-0.05, 0) is 28.8 Å². The Labute approximate surface area is 111 Å². The zero-order valence-electron chi connectivity index (χ0n) is 10.4. The van der Waals surface area contributed by atoms with Crippen LogP contribution in [0.3, 0.4) is 0 Å². The number of furan rings is 1. The standard InChI is InChI=1S/C17H14O2/c18-17(16-7-4-12-19-16)15-10-8-14(9-11-15)13-5-2-1-3-6-13/h1-12,17-18H. The summed E-state index contributed by atoms with van der Waals surface area (Å²) in [4.78, 5) is 0. The molecule has 0 amide bonds. The van der Waals surface area contributed by atoms with Crippen molar-refractivity contribution in [2.75, 3.05) is 0 Å². The summed E-state index contributed by atoms with van der Waals surface area (Å²) in [5.74, 6) is 0.562. The molecule has 1 unspecified atom stereocenters. The van der Waals surface area contributed by atoms with Gasteiger partial charge >= 0.3 is 0 Å². The number of aliphatic hydroxyl groups is 1. The molecule has 94 valence electrons. The number of aliphatic hydroxyl groups excluding tert-OH is 1.